The summed E-state index contributed by atoms with van der Waals surface area (Å²) in [6, 6.07) is 18.4. The van der Waals surface area contributed by atoms with Gasteiger partial charge in [0.05, 0.1) is 22.7 Å². The van der Waals surface area contributed by atoms with Gasteiger partial charge in [0.1, 0.15) is 20.8 Å². The molecule has 0 atom stereocenters. The lowest BCUT2D eigenvalue weighted by molar-refractivity contribution is -0.120. The topological polar surface area (TPSA) is 159 Å². The highest BCUT2D eigenvalue weighted by atomic mass is 79.9. The second-order valence-corrected chi connectivity index (χ2v) is 8.39. The summed E-state index contributed by atoms with van der Waals surface area (Å²) in [5, 5.41) is 2.42. The standard InChI is InChI=1S/C12H9BrFN3O.C6H5BrN2O2.C6H6FN/c13-10-6-5-8(15)11(17-10)12(18)16-9-4-2-1-3-7(9)14;7-5-2-1-4(8)6(9-5)11-3-10;7-5-3-1-2-4-6(5)8/h1-6H,15H2,(H,16,18);1-3H,8H2;1-4H,8H2. The number of benzene rings is 2. The molecule has 0 aliphatic carbocycles. The molecule has 0 aliphatic heterocycles. The van der Waals surface area contributed by atoms with Gasteiger partial charge in [0.15, 0.2) is 5.69 Å². The highest BCUT2D eigenvalue weighted by molar-refractivity contribution is 9.10. The van der Waals surface area contributed by atoms with Crippen LogP contribution in [-0.2, 0) is 4.79 Å². The summed E-state index contributed by atoms with van der Waals surface area (Å²) in [6.45, 7) is 0.283. The Hall–Kier alpha value is -4.10. The summed E-state index contributed by atoms with van der Waals surface area (Å²) in [6.07, 6.45) is 0. The molecule has 0 aliphatic rings. The molecule has 4 aromatic rings. The van der Waals surface area contributed by atoms with Gasteiger partial charge in [-0.3, -0.25) is 9.59 Å². The van der Waals surface area contributed by atoms with E-state index in [4.69, 9.17) is 17.2 Å². The molecule has 192 valence electrons. The largest absolute Gasteiger partial charge is 0.407 e. The van der Waals surface area contributed by atoms with Crippen molar-refractivity contribution in [3.8, 4) is 5.88 Å². The van der Waals surface area contributed by atoms with Gasteiger partial charge >= 0.3 is 0 Å². The van der Waals surface area contributed by atoms with E-state index in [9.17, 15) is 18.4 Å². The number of para-hydroxylation sites is 2. The third-order valence-electron chi connectivity index (χ3n) is 4.15. The number of hydrogen-bond donors (Lipinski definition) is 4. The lowest BCUT2D eigenvalue weighted by Crippen LogP contribution is -2.16. The number of rotatable bonds is 4. The number of pyridine rings is 2. The Morgan fingerprint density at radius 1 is 0.784 bits per heavy atom. The van der Waals surface area contributed by atoms with E-state index < -0.39 is 11.7 Å². The van der Waals surface area contributed by atoms with E-state index in [2.05, 4.69) is 51.9 Å². The van der Waals surface area contributed by atoms with Gasteiger partial charge in [-0.05, 0) is 80.4 Å². The fourth-order valence-electron chi connectivity index (χ4n) is 2.42. The minimum absolute atomic E-state index is 0.0487. The van der Waals surface area contributed by atoms with Crippen LogP contribution in [0, 0.1) is 11.6 Å². The molecule has 0 fully saturated rings. The number of hydrogen-bond acceptors (Lipinski definition) is 8. The smallest absolute Gasteiger partial charge is 0.299 e. The van der Waals surface area contributed by atoms with Crippen molar-refractivity contribution in [3.63, 3.8) is 0 Å². The van der Waals surface area contributed by atoms with Crippen molar-refractivity contribution < 1.29 is 23.1 Å². The fourth-order valence-corrected chi connectivity index (χ4v) is 3.02. The molecule has 2 aromatic heterocycles. The number of halogens is 4. The molecule has 13 heteroatoms. The third-order valence-corrected chi connectivity index (χ3v) is 5.03. The van der Waals surface area contributed by atoms with Crippen LogP contribution >= 0.6 is 31.9 Å². The lowest BCUT2D eigenvalue weighted by atomic mass is 10.2. The van der Waals surface area contributed by atoms with Gasteiger partial charge in [-0.15, -0.1) is 0 Å². The zero-order chi connectivity index (χ0) is 27.4. The van der Waals surface area contributed by atoms with Crippen molar-refractivity contribution in [2.75, 3.05) is 22.5 Å². The first-order valence-corrected chi connectivity index (χ1v) is 11.7. The first kappa shape index (κ1) is 29.1. The van der Waals surface area contributed by atoms with Gasteiger partial charge in [-0.2, -0.15) is 0 Å². The Morgan fingerprint density at radius 3 is 1.92 bits per heavy atom. The van der Waals surface area contributed by atoms with E-state index in [1.807, 2.05) is 0 Å². The monoisotopic (exact) mass is 636 g/mol. The number of carbonyl (C=O) groups is 2. The molecular weight excluding hydrogens is 618 g/mol. The van der Waals surface area contributed by atoms with Gasteiger partial charge in [0, 0.05) is 0 Å². The Morgan fingerprint density at radius 2 is 1.35 bits per heavy atom. The number of carbonyl (C=O) groups excluding carboxylic acids is 2. The minimum Gasteiger partial charge on any atom is -0.407 e. The van der Waals surface area contributed by atoms with Gasteiger partial charge < -0.3 is 27.3 Å². The van der Waals surface area contributed by atoms with Crippen molar-refractivity contribution >= 4 is 67.0 Å². The van der Waals surface area contributed by atoms with Crippen molar-refractivity contribution in [1.82, 2.24) is 9.97 Å². The predicted octanol–water partition coefficient (Wildman–Crippen LogP) is 5.19. The van der Waals surface area contributed by atoms with Crippen LogP contribution in [0.3, 0.4) is 0 Å². The number of nitrogens with one attached hydrogen (secondary N) is 1. The zero-order valence-corrected chi connectivity index (χ0v) is 22.0. The molecule has 4 rings (SSSR count). The highest BCUT2D eigenvalue weighted by Crippen LogP contribution is 2.20. The van der Waals surface area contributed by atoms with Crippen LogP contribution in [0.1, 0.15) is 10.5 Å². The van der Waals surface area contributed by atoms with Gasteiger partial charge in [0.25, 0.3) is 12.4 Å². The average Bonchev–Trinajstić information content (AvgIpc) is 2.87. The number of nitrogens with two attached hydrogens (primary N) is 3. The molecule has 2 heterocycles. The molecule has 37 heavy (non-hydrogen) atoms. The predicted molar refractivity (Wildman–Crippen MR) is 145 cm³/mol. The van der Waals surface area contributed by atoms with Crippen LogP contribution < -0.4 is 27.3 Å². The molecule has 9 nitrogen and oxygen atoms in total. The fraction of sp³-hybridized carbons (Fsp3) is 0. The van der Waals surface area contributed by atoms with E-state index >= 15 is 0 Å². The van der Waals surface area contributed by atoms with Crippen LogP contribution in [0.2, 0.25) is 0 Å². The second kappa shape index (κ2) is 14.5. The molecule has 0 radical (unpaired) electrons. The summed E-state index contributed by atoms with van der Waals surface area (Å²) in [5.74, 6) is -1.31. The Bertz CT molecular complexity index is 1360. The number of nitrogens with zero attached hydrogens (tertiary/aromatic N) is 2. The molecule has 2 aromatic carbocycles. The number of aromatic nitrogens is 2. The number of nitrogen functional groups attached to an aromatic ring is 3. The third kappa shape index (κ3) is 9.46. The average molecular weight is 638 g/mol. The number of amides is 1. The molecule has 0 spiro atoms. The molecule has 0 bridgehead atoms. The summed E-state index contributed by atoms with van der Waals surface area (Å²) >= 11 is 6.25. The summed E-state index contributed by atoms with van der Waals surface area (Å²) in [5.41, 5.74) is 17.1. The maximum Gasteiger partial charge on any atom is 0.299 e. The Labute approximate surface area is 227 Å². The first-order valence-electron chi connectivity index (χ1n) is 10.1. The van der Waals surface area contributed by atoms with E-state index in [0.717, 1.165) is 0 Å². The van der Waals surface area contributed by atoms with Crippen LogP contribution in [0.15, 0.2) is 82.0 Å². The van der Waals surface area contributed by atoms with Crippen molar-refractivity contribution in [3.05, 3.63) is 99.3 Å². The SMILES string of the molecule is Nc1ccc(Br)nc1C(=O)Nc1ccccc1F.Nc1ccc(Br)nc1OC=O.Nc1ccccc1F. The molecule has 0 saturated heterocycles. The summed E-state index contributed by atoms with van der Waals surface area (Å²) in [4.78, 5) is 29.6. The zero-order valence-electron chi connectivity index (χ0n) is 18.9. The molecule has 0 unspecified atom stereocenters. The maximum atomic E-state index is 13.4. The van der Waals surface area contributed by atoms with Crippen LogP contribution in [-0.4, -0.2) is 22.3 Å². The lowest BCUT2D eigenvalue weighted by Gasteiger charge is -2.07. The number of ether oxygens (including phenoxy) is 1. The van der Waals surface area contributed by atoms with Crippen molar-refractivity contribution in [2.24, 2.45) is 0 Å². The number of anilines is 4. The Kier molecular flexibility index (Phi) is 11.4. The first-order chi connectivity index (χ1) is 17.6. The van der Waals surface area contributed by atoms with Crippen LogP contribution in [0.5, 0.6) is 5.88 Å². The second-order valence-electron chi connectivity index (χ2n) is 6.77. The molecule has 7 N–H and O–H groups in total. The molecule has 0 saturated carbocycles. The highest BCUT2D eigenvalue weighted by Gasteiger charge is 2.14. The van der Waals surface area contributed by atoms with Crippen molar-refractivity contribution in [1.29, 1.82) is 0 Å². The minimum atomic E-state index is -0.557. The van der Waals surface area contributed by atoms with Crippen LogP contribution in [0.25, 0.3) is 0 Å². The van der Waals surface area contributed by atoms with Gasteiger partial charge in [-0.1, -0.05) is 24.3 Å². The van der Waals surface area contributed by atoms with E-state index in [0.29, 0.717) is 14.9 Å². The summed E-state index contributed by atoms with van der Waals surface area (Å²) < 4.78 is 31.1. The summed E-state index contributed by atoms with van der Waals surface area (Å²) in [7, 11) is 0. The van der Waals surface area contributed by atoms with E-state index in [1.54, 1.807) is 42.5 Å². The van der Waals surface area contributed by atoms with Gasteiger partial charge in [0.2, 0.25) is 5.88 Å². The quantitative estimate of drug-likeness (QED) is 0.135. The molecular formula is C24H20Br2F2N6O3. The van der Waals surface area contributed by atoms with E-state index in [-0.39, 0.29) is 40.9 Å². The van der Waals surface area contributed by atoms with E-state index in [1.165, 1.54) is 30.3 Å². The normalized spacial score (nSPS) is 9.62. The molecule has 1 amide bonds. The Balaban J connectivity index is 0.000000215. The van der Waals surface area contributed by atoms with Crippen LogP contribution in [0.4, 0.5) is 31.5 Å². The maximum absolute atomic E-state index is 13.4. The van der Waals surface area contributed by atoms with Gasteiger partial charge in [-0.25, -0.2) is 18.7 Å². The van der Waals surface area contributed by atoms with Crippen molar-refractivity contribution in [2.45, 2.75) is 0 Å².